The zero-order valence-corrected chi connectivity index (χ0v) is 14.7. The minimum absolute atomic E-state index is 0.132. The van der Waals surface area contributed by atoms with Crippen molar-refractivity contribution in [2.24, 2.45) is 0 Å². The number of carbonyl (C=O) groups is 2. The number of para-hydroxylation sites is 1. The minimum atomic E-state index is -0.579. The van der Waals surface area contributed by atoms with Crippen molar-refractivity contribution in [3.63, 3.8) is 0 Å². The number of furan rings is 1. The Balaban J connectivity index is 1.71. The summed E-state index contributed by atoms with van der Waals surface area (Å²) in [5.41, 5.74) is 2.02. The van der Waals surface area contributed by atoms with Gasteiger partial charge in [0, 0.05) is 11.9 Å². The number of fused-ring (bicyclic) bond motifs is 3. The molecule has 1 aromatic carbocycles. The molecule has 25 heavy (non-hydrogen) atoms. The lowest BCUT2D eigenvalue weighted by atomic mass is 10.2. The van der Waals surface area contributed by atoms with Crippen LogP contribution in [0.4, 0.5) is 0 Å². The number of carbonyl (C=O) groups excluding carboxylic acids is 2. The van der Waals surface area contributed by atoms with E-state index in [4.69, 9.17) is 4.42 Å². The van der Waals surface area contributed by atoms with E-state index in [1.165, 1.54) is 18.1 Å². The molecule has 0 saturated heterocycles. The maximum absolute atomic E-state index is 12.1. The highest BCUT2D eigenvalue weighted by Crippen LogP contribution is 2.32. The lowest BCUT2D eigenvalue weighted by Crippen LogP contribution is -2.45. The van der Waals surface area contributed by atoms with Gasteiger partial charge < -0.3 is 15.1 Å². The van der Waals surface area contributed by atoms with Crippen LogP contribution >= 0.6 is 11.8 Å². The molecule has 3 rings (SSSR count). The fraction of sp³-hybridized carbons (Fsp3) is 0.294. The molecule has 2 N–H and O–H groups in total. The van der Waals surface area contributed by atoms with Crippen molar-refractivity contribution in [2.75, 3.05) is 12.3 Å². The van der Waals surface area contributed by atoms with E-state index in [9.17, 15) is 9.59 Å². The number of hydrogen-bond acceptors (Lipinski definition) is 6. The van der Waals surface area contributed by atoms with Crippen LogP contribution in [0.3, 0.4) is 0 Å². The van der Waals surface area contributed by atoms with Crippen molar-refractivity contribution in [3.05, 3.63) is 30.6 Å². The van der Waals surface area contributed by atoms with Gasteiger partial charge in [-0.15, -0.1) is 0 Å². The van der Waals surface area contributed by atoms with Crippen LogP contribution in [0, 0.1) is 0 Å². The van der Waals surface area contributed by atoms with E-state index in [0.717, 1.165) is 16.5 Å². The number of amides is 2. The van der Waals surface area contributed by atoms with Gasteiger partial charge in [0.15, 0.2) is 5.58 Å². The first-order valence-corrected chi connectivity index (χ1v) is 8.90. The van der Waals surface area contributed by atoms with Gasteiger partial charge in [-0.1, -0.05) is 23.9 Å². The van der Waals surface area contributed by atoms with E-state index in [2.05, 4.69) is 20.6 Å². The van der Waals surface area contributed by atoms with Gasteiger partial charge >= 0.3 is 0 Å². The third-order valence-electron chi connectivity index (χ3n) is 3.59. The Kier molecular flexibility index (Phi) is 5.18. The van der Waals surface area contributed by atoms with Crippen LogP contribution in [-0.2, 0) is 9.59 Å². The Morgan fingerprint density at radius 1 is 1.28 bits per heavy atom. The van der Waals surface area contributed by atoms with Crippen molar-refractivity contribution in [1.82, 2.24) is 20.6 Å². The lowest BCUT2D eigenvalue weighted by molar-refractivity contribution is -0.127. The smallest absolute Gasteiger partial charge is 0.242 e. The monoisotopic (exact) mass is 358 g/mol. The molecule has 0 aliphatic rings. The van der Waals surface area contributed by atoms with Gasteiger partial charge in [0.25, 0.3) is 0 Å². The lowest BCUT2D eigenvalue weighted by Gasteiger charge is -2.12. The number of rotatable bonds is 6. The van der Waals surface area contributed by atoms with Crippen molar-refractivity contribution in [2.45, 2.75) is 24.9 Å². The van der Waals surface area contributed by atoms with E-state index in [0.29, 0.717) is 17.2 Å². The van der Waals surface area contributed by atoms with Crippen molar-refractivity contribution in [3.8, 4) is 0 Å². The Hall–Kier alpha value is -2.61. The van der Waals surface area contributed by atoms with Gasteiger partial charge in [-0.25, -0.2) is 9.97 Å². The van der Waals surface area contributed by atoms with Crippen molar-refractivity contribution in [1.29, 1.82) is 0 Å². The second kappa shape index (κ2) is 7.52. The minimum Gasteiger partial charge on any atom is -0.451 e. The number of likely N-dealkylation sites (N-methyl/N-ethyl adjacent to an activating group) is 1. The molecule has 0 fully saturated rings. The third-order valence-corrected chi connectivity index (χ3v) is 4.56. The molecule has 3 aromatic rings. The maximum Gasteiger partial charge on any atom is 0.242 e. The summed E-state index contributed by atoms with van der Waals surface area (Å²) in [5.74, 6) is -0.318. The topological polar surface area (TPSA) is 97.1 Å². The molecule has 0 bridgehead atoms. The molecule has 2 amide bonds. The molecular formula is C17H18N4O3S. The fourth-order valence-electron chi connectivity index (χ4n) is 2.42. The molecule has 1 atom stereocenters. The van der Waals surface area contributed by atoms with Crippen LogP contribution in [0.25, 0.3) is 22.1 Å². The number of thioether (sulfide) groups is 1. The molecule has 2 aromatic heterocycles. The van der Waals surface area contributed by atoms with E-state index in [1.54, 1.807) is 6.92 Å². The Morgan fingerprint density at radius 3 is 2.88 bits per heavy atom. The molecule has 130 valence electrons. The second-order valence-corrected chi connectivity index (χ2v) is 6.39. The molecule has 0 radical (unpaired) electrons. The fourth-order valence-corrected chi connectivity index (χ4v) is 3.16. The Labute approximate surface area is 148 Å². The van der Waals surface area contributed by atoms with Crippen LogP contribution in [0.15, 0.2) is 40.0 Å². The van der Waals surface area contributed by atoms with E-state index in [1.807, 2.05) is 31.2 Å². The van der Waals surface area contributed by atoms with Crippen molar-refractivity contribution >= 4 is 45.6 Å². The average Bonchev–Trinajstić information content (AvgIpc) is 2.99. The SMILES string of the molecule is CCNC(=O)[C@H](C)NC(=O)CSc1ncnc2c1oc1ccccc12. The molecular weight excluding hydrogens is 340 g/mol. The molecule has 0 unspecified atom stereocenters. The van der Waals surface area contributed by atoms with Gasteiger partial charge in [0.05, 0.1) is 5.75 Å². The number of aromatic nitrogens is 2. The summed E-state index contributed by atoms with van der Waals surface area (Å²) in [6.07, 6.45) is 1.46. The molecule has 8 heteroatoms. The third kappa shape index (κ3) is 3.74. The first kappa shape index (κ1) is 17.2. The molecule has 2 heterocycles. The Morgan fingerprint density at radius 2 is 2.08 bits per heavy atom. The van der Waals surface area contributed by atoms with Crippen molar-refractivity contribution < 1.29 is 14.0 Å². The molecule has 0 aliphatic heterocycles. The first-order chi connectivity index (χ1) is 12.1. The normalized spacial score (nSPS) is 12.2. The molecule has 7 nitrogen and oxygen atoms in total. The van der Waals surface area contributed by atoms with Gasteiger partial charge in [-0.2, -0.15) is 0 Å². The predicted octanol–water partition coefficient (Wildman–Crippen LogP) is 2.11. The highest BCUT2D eigenvalue weighted by molar-refractivity contribution is 8.00. The van der Waals surface area contributed by atoms with Crippen LogP contribution in [0.2, 0.25) is 0 Å². The largest absolute Gasteiger partial charge is 0.451 e. The zero-order valence-electron chi connectivity index (χ0n) is 13.9. The first-order valence-electron chi connectivity index (χ1n) is 7.92. The predicted molar refractivity (Wildman–Crippen MR) is 96.3 cm³/mol. The quantitative estimate of drug-likeness (QED) is 0.517. The second-order valence-electron chi connectivity index (χ2n) is 5.43. The van der Waals surface area contributed by atoms with Crippen LogP contribution in [-0.4, -0.2) is 40.1 Å². The summed E-state index contributed by atoms with van der Waals surface area (Å²) in [6.45, 7) is 4.00. The summed E-state index contributed by atoms with van der Waals surface area (Å²) < 4.78 is 5.83. The van der Waals surface area contributed by atoms with Crippen LogP contribution in [0.5, 0.6) is 0 Å². The van der Waals surface area contributed by atoms with Crippen LogP contribution in [0.1, 0.15) is 13.8 Å². The molecule has 0 saturated carbocycles. The zero-order chi connectivity index (χ0) is 17.8. The molecule has 0 spiro atoms. The highest BCUT2D eigenvalue weighted by Gasteiger charge is 2.17. The van der Waals surface area contributed by atoms with Gasteiger partial charge in [0.1, 0.15) is 28.5 Å². The number of hydrogen-bond donors (Lipinski definition) is 2. The number of benzene rings is 1. The Bertz CT molecular complexity index is 925. The summed E-state index contributed by atoms with van der Waals surface area (Å²) >= 11 is 1.25. The summed E-state index contributed by atoms with van der Waals surface area (Å²) in [4.78, 5) is 32.2. The van der Waals surface area contributed by atoms with E-state index >= 15 is 0 Å². The summed E-state index contributed by atoms with van der Waals surface area (Å²) in [6, 6.07) is 7.03. The van der Waals surface area contributed by atoms with Crippen LogP contribution < -0.4 is 10.6 Å². The number of nitrogens with one attached hydrogen (secondary N) is 2. The van der Waals surface area contributed by atoms with E-state index in [-0.39, 0.29) is 17.6 Å². The van der Waals surface area contributed by atoms with Gasteiger partial charge in [0.2, 0.25) is 11.8 Å². The maximum atomic E-state index is 12.1. The highest BCUT2D eigenvalue weighted by atomic mass is 32.2. The molecule has 0 aliphatic carbocycles. The number of nitrogens with zero attached hydrogens (tertiary/aromatic N) is 2. The van der Waals surface area contributed by atoms with Gasteiger partial charge in [-0.05, 0) is 26.0 Å². The summed E-state index contributed by atoms with van der Waals surface area (Å²) in [7, 11) is 0. The van der Waals surface area contributed by atoms with Gasteiger partial charge in [-0.3, -0.25) is 9.59 Å². The summed E-state index contributed by atoms with van der Waals surface area (Å²) in [5, 5.41) is 6.84. The average molecular weight is 358 g/mol. The van der Waals surface area contributed by atoms with E-state index < -0.39 is 6.04 Å². The standard InChI is InChI=1S/C17H18N4O3S/c1-3-18-16(23)10(2)21-13(22)8-25-17-15-14(19-9-20-17)11-6-4-5-7-12(11)24-15/h4-7,9-10H,3,8H2,1-2H3,(H,18,23)(H,21,22)/t10-/m0/s1.